The molecule has 2 N–H and O–H groups in total. The number of sulfonamides is 1. The molecule has 0 bridgehead atoms. The summed E-state index contributed by atoms with van der Waals surface area (Å²) in [5, 5.41) is 19.5. The summed E-state index contributed by atoms with van der Waals surface area (Å²) in [6.45, 7) is 0. The van der Waals surface area contributed by atoms with Crippen molar-refractivity contribution in [2.75, 3.05) is 0 Å². The molecule has 0 aliphatic rings. The number of hydrogen-bond donors (Lipinski definition) is 1. The van der Waals surface area contributed by atoms with Crippen LogP contribution in [0.1, 0.15) is 0 Å². The summed E-state index contributed by atoms with van der Waals surface area (Å²) in [5.41, 5.74) is 0.452. The Balaban J connectivity index is 0.00000176. The van der Waals surface area contributed by atoms with Gasteiger partial charge < -0.3 is 0 Å². The smallest absolute Gasteiger partial charge is 0.258 e. The van der Waals surface area contributed by atoms with E-state index in [0.717, 1.165) is 22.7 Å². The van der Waals surface area contributed by atoms with Crippen LogP contribution in [-0.4, -0.2) is 27.9 Å². The van der Waals surface area contributed by atoms with Crippen LogP contribution in [0.5, 0.6) is 0 Å². The van der Waals surface area contributed by atoms with Crippen molar-refractivity contribution in [3.63, 3.8) is 0 Å². The van der Waals surface area contributed by atoms with Gasteiger partial charge in [0.15, 0.2) is 0 Å². The van der Waals surface area contributed by atoms with Gasteiger partial charge in [0.05, 0.1) is 9.80 Å². The Morgan fingerprint density at radius 2 is 2.05 bits per heavy atom. The Labute approximate surface area is 149 Å². The number of imidazole rings is 1. The first-order valence-electron chi connectivity index (χ1n) is 5.10. The molecule has 9 nitrogen and oxygen atoms in total. The van der Waals surface area contributed by atoms with E-state index in [0.29, 0.717) is 20.1 Å². The molecule has 22 heavy (non-hydrogen) atoms. The Morgan fingerprint density at radius 1 is 1.36 bits per heavy atom. The summed E-state index contributed by atoms with van der Waals surface area (Å²) in [7, 11) is -3.90. The van der Waals surface area contributed by atoms with E-state index in [1.807, 2.05) is 0 Å². The van der Waals surface area contributed by atoms with Crippen molar-refractivity contribution in [2.24, 2.45) is 5.14 Å². The van der Waals surface area contributed by atoms with Crippen LogP contribution in [0.2, 0.25) is 0 Å². The van der Waals surface area contributed by atoms with Gasteiger partial charge >= 0.3 is 5.00 Å². The van der Waals surface area contributed by atoms with Gasteiger partial charge in [0.1, 0.15) is 10.3 Å². The van der Waals surface area contributed by atoms with Crippen LogP contribution in [0.3, 0.4) is 0 Å². The lowest BCUT2D eigenvalue weighted by molar-refractivity contribution is -0.380. The molecule has 3 heterocycles. The molecule has 0 unspecified atom stereocenters. The highest BCUT2D eigenvalue weighted by molar-refractivity contribution is 9.10. The minimum Gasteiger partial charge on any atom is -0.258 e. The fourth-order valence-corrected chi connectivity index (χ4v) is 4.66. The monoisotopic (exact) mass is 489 g/mol. The Hall–Kier alpha value is -0.930. The van der Waals surface area contributed by atoms with Gasteiger partial charge in [-0.1, -0.05) is 22.7 Å². The van der Waals surface area contributed by atoms with Crippen molar-refractivity contribution in [1.29, 1.82) is 0 Å². The van der Waals surface area contributed by atoms with Gasteiger partial charge in [-0.15, -0.1) is 22.1 Å². The standard InChI is InChI=1S/C8H4BrN5O4S3.BrH/c9-6-5(3-1-2-4(19-3)14(15)16)11-7-13(6)12-8(20-7)21(10,17)18;/h1-2H,(H2,10,17,18);1H. The summed E-state index contributed by atoms with van der Waals surface area (Å²) in [6, 6.07) is 2.95. The summed E-state index contributed by atoms with van der Waals surface area (Å²) in [6.07, 6.45) is 0. The van der Waals surface area contributed by atoms with E-state index >= 15 is 0 Å². The van der Waals surface area contributed by atoms with Crippen molar-refractivity contribution in [3.05, 3.63) is 26.9 Å². The predicted molar refractivity (Wildman–Crippen MR) is 90.2 cm³/mol. The molecular formula is C8H5Br2N5O4S3. The number of primary sulfonamides is 1. The average Bonchev–Trinajstić information content (AvgIpc) is 3.04. The highest BCUT2D eigenvalue weighted by atomic mass is 79.9. The van der Waals surface area contributed by atoms with E-state index in [9.17, 15) is 18.5 Å². The summed E-state index contributed by atoms with van der Waals surface area (Å²) < 4.78 is 23.9. The first-order chi connectivity index (χ1) is 9.77. The fraction of sp³-hybridized carbons (Fsp3) is 0. The number of halogens is 2. The first kappa shape index (κ1) is 17.4. The maximum Gasteiger partial charge on any atom is 0.324 e. The van der Waals surface area contributed by atoms with Crippen molar-refractivity contribution in [1.82, 2.24) is 14.6 Å². The molecule has 3 aromatic rings. The van der Waals surface area contributed by atoms with Crippen molar-refractivity contribution in [2.45, 2.75) is 4.34 Å². The molecule has 14 heteroatoms. The van der Waals surface area contributed by atoms with Gasteiger partial charge in [0.2, 0.25) is 9.30 Å². The Kier molecular flexibility index (Phi) is 4.70. The molecule has 118 valence electrons. The van der Waals surface area contributed by atoms with Crippen LogP contribution >= 0.6 is 55.6 Å². The number of nitrogens with two attached hydrogens (primary N) is 1. The third kappa shape index (κ3) is 2.93. The minimum absolute atomic E-state index is 0. The summed E-state index contributed by atoms with van der Waals surface area (Å²) in [5.74, 6) is 0. The average molecular weight is 491 g/mol. The lowest BCUT2D eigenvalue weighted by atomic mass is 10.4. The lowest BCUT2D eigenvalue weighted by Crippen LogP contribution is -2.12. The molecule has 0 fully saturated rings. The lowest BCUT2D eigenvalue weighted by Gasteiger charge is -1.92. The van der Waals surface area contributed by atoms with E-state index < -0.39 is 14.9 Å². The largest absolute Gasteiger partial charge is 0.324 e. The van der Waals surface area contributed by atoms with E-state index in [-0.39, 0.29) is 26.3 Å². The van der Waals surface area contributed by atoms with Crippen molar-refractivity contribution in [3.8, 4) is 10.6 Å². The highest BCUT2D eigenvalue weighted by Gasteiger charge is 2.22. The van der Waals surface area contributed by atoms with Gasteiger partial charge in [-0.2, -0.15) is 4.52 Å². The molecule has 3 rings (SSSR count). The van der Waals surface area contributed by atoms with Crippen molar-refractivity contribution >= 4 is 75.6 Å². The summed E-state index contributed by atoms with van der Waals surface area (Å²) in [4.78, 5) is 15.3. The molecule has 0 aromatic carbocycles. The molecule has 3 aromatic heterocycles. The Morgan fingerprint density at radius 3 is 2.55 bits per heavy atom. The van der Waals surface area contributed by atoms with E-state index in [4.69, 9.17) is 5.14 Å². The van der Waals surface area contributed by atoms with Gasteiger partial charge in [0, 0.05) is 6.07 Å². The maximum atomic E-state index is 11.2. The van der Waals surface area contributed by atoms with Gasteiger partial charge in [-0.25, -0.2) is 18.5 Å². The normalized spacial score (nSPS) is 11.5. The number of rotatable bonds is 3. The summed E-state index contributed by atoms with van der Waals surface area (Å²) >= 11 is 5.04. The molecule has 0 spiro atoms. The number of fused-ring (bicyclic) bond motifs is 1. The second-order valence-corrected chi connectivity index (χ2v) is 8.26. The molecular weight excluding hydrogens is 486 g/mol. The number of hydrogen-bond acceptors (Lipinski definition) is 8. The molecule has 0 saturated carbocycles. The van der Waals surface area contributed by atoms with Crippen LogP contribution < -0.4 is 5.14 Å². The molecule has 0 aliphatic carbocycles. The van der Waals surface area contributed by atoms with E-state index in [2.05, 4.69) is 26.0 Å². The number of thiophene rings is 1. The SMILES string of the molecule is Br.NS(=O)(=O)c1nn2c(Br)c(-c3ccc([N+](=O)[O-])s3)nc2s1. The second-order valence-electron chi connectivity index (χ2n) is 3.75. The van der Waals surface area contributed by atoms with E-state index in [1.165, 1.54) is 10.6 Å². The zero-order valence-electron chi connectivity index (χ0n) is 10.2. The third-order valence-corrected chi connectivity index (χ3v) is 6.35. The predicted octanol–water partition coefficient (Wildman–Crippen LogP) is 2.42. The zero-order chi connectivity index (χ0) is 15.4. The van der Waals surface area contributed by atoms with Gasteiger partial charge in [-0.05, 0) is 22.0 Å². The number of nitro groups is 1. The molecule has 0 aliphatic heterocycles. The van der Waals surface area contributed by atoms with E-state index in [1.54, 1.807) is 6.07 Å². The number of aromatic nitrogens is 3. The molecule has 0 saturated heterocycles. The zero-order valence-corrected chi connectivity index (χ0v) is 15.9. The van der Waals surface area contributed by atoms with Crippen LogP contribution in [0, 0.1) is 10.1 Å². The minimum atomic E-state index is -3.90. The number of nitrogens with zero attached hydrogens (tertiary/aromatic N) is 4. The molecule has 0 radical (unpaired) electrons. The third-order valence-electron chi connectivity index (χ3n) is 2.38. The molecule has 0 atom stereocenters. The second kappa shape index (κ2) is 5.93. The van der Waals surface area contributed by atoms with Gasteiger partial charge in [0.25, 0.3) is 10.0 Å². The van der Waals surface area contributed by atoms with Crippen LogP contribution in [0.4, 0.5) is 5.00 Å². The quantitative estimate of drug-likeness (QED) is 0.442. The topological polar surface area (TPSA) is 133 Å². The molecule has 0 amide bonds. The van der Waals surface area contributed by atoms with Gasteiger partial charge in [-0.3, -0.25) is 10.1 Å². The Bertz CT molecular complexity index is 975. The fourth-order valence-electron chi connectivity index (χ4n) is 1.53. The first-order valence-corrected chi connectivity index (χ1v) is 9.07. The van der Waals surface area contributed by atoms with Crippen LogP contribution in [0.15, 0.2) is 21.1 Å². The highest BCUT2D eigenvalue weighted by Crippen LogP contribution is 2.37. The maximum absolute atomic E-state index is 11.2. The van der Waals surface area contributed by atoms with Crippen LogP contribution in [-0.2, 0) is 10.0 Å². The van der Waals surface area contributed by atoms with Crippen molar-refractivity contribution < 1.29 is 13.3 Å². The van der Waals surface area contributed by atoms with Crippen LogP contribution in [0.25, 0.3) is 15.5 Å².